The molecule has 0 heterocycles. The van der Waals surface area contributed by atoms with Gasteiger partial charge in [0.2, 0.25) is 0 Å². The summed E-state index contributed by atoms with van der Waals surface area (Å²) in [5.41, 5.74) is 0.729. The molecule has 0 aliphatic heterocycles. The highest BCUT2D eigenvalue weighted by molar-refractivity contribution is 6.26. The van der Waals surface area contributed by atoms with Crippen molar-refractivity contribution in [3.05, 3.63) is 29.1 Å². The lowest BCUT2D eigenvalue weighted by Crippen LogP contribution is -2.20. The number of carbonyl (C=O) groups is 1. The van der Waals surface area contributed by atoms with Crippen LogP contribution < -0.4 is 4.43 Å². The van der Waals surface area contributed by atoms with Crippen LogP contribution in [0.3, 0.4) is 0 Å². The number of halogens is 1. The van der Waals surface area contributed by atoms with Crippen LogP contribution in [0.1, 0.15) is 49.5 Å². The molecule has 0 aliphatic rings. The molecule has 0 bridgehead atoms. The molecule has 2 nitrogen and oxygen atoms in total. The first kappa shape index (κ1) is 14.9. The van der Waals surface area contributed by atoms with E-state index < -0.39 is 5.82 Å². The van der Waals surface area contributed by atoms with Crippen molar-refractivity contribution in [2.45, 2.75) is 45.6 Å². The number of carbonyl (C=O) groups excluding carboxylic acids is 1. The topological polar surface area (TPSA) is 26.3 Å². The predicted molar refractivity (Wildman–Crippen MR) is 72.0 cm³/mol. The van der Waals surface area contributed by atoms with E-state index in [1.807, 2.05) is 6.55 Å². The Kier molecular flexibility index (Phi) is 5.08. The fraction of sp³-hybridized carbons (Fsp3) is 0.500. The number of rotatable bonds is 6. The summed E-state index contributed by atoms with van der Waals surface area (Å²) in [6.45, 7) is 8.07. The quantitative estimate of drug-likeness (QED) is 0.579. The molecule has 1 aromatic carbocycles. The Morgan fingerprint density at radius 1 is 1.44 bits per heavy atom. The van der Waals surface area contributed by atoms with Gasteiger partial charge in [-0.3, -0.25) is 4.79 Å². The Bertz CT molecular complexity index is 430. The first-order valence-electron chi connectivity index (χ1n) is 6.09. The van der Waals surface area contributed by atoms with Gasteiger partial charge < -0.3 is 4.43 Å². The van der Waals surface area contributed by atoms with E-state index in [0.717, 1.165) is 18.4 Å². The second kappa shape index (κ2) is 6.14. The van der Waals surface area contributed by atoms with Gasteiger partial charge in [0.1, 0.15) is 5.75 Å². The van der Waals surface area contributed by atoms with Gasteiger partial charge in [0.05, 0.1) is 5.56 Å². The van der Waals surface area contributed by atoms with Crippen molar-refractivity contribution in [1.82, 2.24) is 0 Å². The van der Waals surface area contributed by atoms with E-state index >= 15 is 0 Å². The largest absolute Gasteiger partial charge is 0.539 e. The van der Waals surface area contributed by atoms with Crippen molar-refractivity contribution in [1.29, 1.82) is 0 Å². The van der Waals surface area contributed by atoms with Crippen LogP contribution in [-0.4, -0.2) is 16.0 Å². The summed E-state index contributed by atoms with van der Waals surface area (Å²) in [5, 5.41) is 0. The Balaban J connectivity index is 3.35. The van der Waals surface area contributed by atoms with Crippen LogP contribution in [0.2, 0.25) is 6.55 Å². The molecular formula is C14H19FO2Si. The van der Waals surface area contributed by atoms with Crippen LogP contribution >= 0.6 is 0 Å². The van der Waals surface area contributed by atoms with Gasteiger partial charge in [0, 0.05) is 5.56 Å². The second-order valence-electron chi connectivity index (χ2n) is 4.90. The fourth-order valence-corrected chi connectivity index (χ4v) is 2.56. The normalized spacial score (nSPS) is 11.4. The molecule has 0 saturated heterocycles. The van der Waals surface area contributed by atoms with E-state index in [4.69, 9.17) is 4.43 Å². The zero-order valence-corrected chi connectivity index (χ0v) is 12.3. The Hall–Kier alpha value is -1.16. The predicted octanol–water partition coefficient (Wildman–Crippen LogP) is 3.76. The minimum Gasteiger partial charge on any atom is -0.539 e. The number of benzene rings is 1. The van der Waals surface area contributed by atoms with Gasteiger partial charge in [-0.2, -0.15) is 0 Å². The smallest absolute Gasteiger partial charge is 0.307 e. The minimum atomic E-state index is -0.541. The van der Waals surface area contributed by atoms with Crippen molar-refractivity contribution in [3.8, 4) is 5.75 Å². The van der Waals surface area contributed by atoms with E-state index in [1.165, 1.54) is 6.07 Å². The van der Waals surface area contributed by atoms with Gasteiger partial charge in [-0.15, -0.1) is 0 Å². The molecule has 0 N–H and O–H groups in total. The Labute approximate surface area is 110 Å². The zero-order valence-electron chi connectivity index (χ0n) is 11.3. The van der Waals surface area contributed by atoms with Crippen molar-refractivity contribution >= 4 is 16.0 Å². The Morgan fingerprint density at radius 2 is 2.11 bits per heavy atom. The van der Waals surface area contributed by atoms with Crippen molar-refractivity contribution in [2.24, 2.45) is 0 Å². The van der Waals surface area contributed by atoms with Gasteiger partial charge >= 0.3 is 9.76 Å². The monoisotopic (exact) mass is 266 g/mol. The summed E-state index contributed by atoms with van der Waals surface area (Å²) in [6.07, 6.45) is 2.48. The molecule has 18 heavy (non-hydrogen) atoms. The highest BCUT2D eigenvalue weighted by Crippen LogP contribution is 2.37. The summed E-state index contributed by atoms with van der Waals surface area (Å²) in [5.74, 6) is -0.306. The lowest BCUT2D eigenvalue weighted by Gasteiger charge is -2.27. The molecule has 1 rings (SSSR count). The lowest BCUT2D eigenvalue weighted by atomic mass is 9.80. The third-order valence-electron chi connectivity index (χ3n) is 3.06. The summed E-state index contributed by atoms with van der Waals surface area (Å²) in [6, 6.07) is 3.33. The van der Waals surface area contributed by atoms with E-state index in [-0.39, 0.29) is 26.5 Å². The SMILES string of the molecule is CCCC(C)(C)c1ccc(C=O)c(F)c1O[Si]C. The Morgan fingerprint density at radius 3 is 2.61 bits per heavy atom. The van der Waals surface area contributed by atoms with Crippen LogP contribution in [0.5, 0.6) is 5.75 Å². The summed E-state index contributed by atoms with van der Waals surface area (Å²) in [7, 11) is 0.151. The van der Waals surface area contributed by atoms with Crippen molar-refractivity contribution in [2.75, 3.05) is 0 Å². The first-order chi connectivity index (χ1) is 8.47. The molecule has 0 unspecified atom stereocenters. The van der Waals surface area contributed by atoms with Gasteiger partial charge in [-0.1, -0.05) is 33.3 Å². The maximum absolute atomic E-state index is 14.1. The molecule has 4 heteroatoms. The van der Waals surface area contributed by atoms with E-state index in [1.54, 1.807) is 6.07 Å². The summed E-state index contributed by atoms with van der Waals surface area (Å²) in [4.78, 5) is 10.8. The third-order valence-corrected chi connectivity index (χ3v) is 3.47. The summed E-state index contributed by atoms with van der Waals surface area (Å²) >= 11 is 0. The highest BCUT2D eigenvalue weighted by Gasteiger charge is 2.26. The van der Waals surface area contributed by atoms with Crippen LogP contribution in [0.4, 0.5) is 4.39 Å². The molecule has 0 atom stereocenters. The molecule has 0 aromatic heterocycles. The van der Waals surface area contributed by atoms with E-state index in [0.29, 0.717) is 6.29 Å². The van der Waals surface area contributed by atoms with E-state index in [9.17, 15) is 9.18 Å². The number of hydrogen-bond donors (Lipinski definition) is 0. The maximum atomic E-state index is 14.1. The van der Waals surface area contributed by atoms with Crippen LogP contribution in [0.25, 0.3) is 0 Å². The number of hydrogen-bond acceptors (Lipinski definition) is 2. The molecule has 0 aliphatic carbocycles. The van der Waals surface area contributed by atoms with Crippen LogP contribution in [0.15, 0.2) is 12.1 Å². The molecule has 0 fully saturated rings. The summed E-state index contributed by atoms with van der Waals surface area (Å²) < 4.78 is 19.6. The lowest BCUT2D eigenvalue weighted by molar-refractivity contribution is 0.111. The highest BCUT2D eigenvalue weighted by atomic mass is 28.2. The van der Waals surface area contributed by atoms with Gasteiger partial charge in [-0.05, 0) is 24.4 Å². The van der Waals surface area contributed by atoms with Crippen LogP contribution in [0, 0.1) is 5.82 Å². The van der Waals surface area contributed by atoms with Gasteiger partial charge in [-0.25, -0.2) is 4.39 Å². The molecule has 1 aromatic rings. The second-order valence-corrected chi connectivity index (χ2v) is 5.52. The molecule has 0 spiro atoms. The average Bonchev–Trinajstić information content (AvgIpc) is 2.31. The molecule has 98 valence electrons. The molecule has 2 radical (unpaired) electrons. The molecule has 0 saturated carbocycles. The minimum absolute atomic E-state index is 0.0549. The average molecular weight is 266 g/mol. The van der Waals surface area contributed by atoms with Gasteiger partial charge in [0.25, 0.3) is 0 Å². The molecule has 0 amide bonds. The van der Waals surface area contributed by atoms with Gasteiger partial charge in [0.15, 0.2) is 12.1 Å². The maximum Gasteiger partial charge on any atom is 0.307 e. The van der Waals surface area contributed by atoms with Crippen LogP contribution in [-0.2, 0) is 5.41 Å². The number of aldehydes is 1. The molecular weight excluding hydrogens is 247 g/mol. The van der Waals surface area contributed by atoms with E-state index in [2.05, 4.69) is 20.8 Å². The standard InChI is InChI=1S/C14H19FO2Si/c1-5-8-14(2,3)11-7-6-10(9-16)12(15)13(11)17-18-4/h6-7,9H,5,8H2,1-4H3. The zero-order chi connectivity index (χ0) is 13.8. The fourth-order valence-electron chi connectivity index (χ4n) is 2.16. The van der Waals surface area contributed by atoms with Crippen molar-refractivity contribution < 1.29 is 13.6 Å². The van der Waals surface area contributed by atoms with Crippen molar-refractivity contribution in [3.63, 3.8) is 0 Å². The first-order valence-corrected chi connectivity index (χ1v) is 7.50. The third kappa shape index (κ3) is 2.99.